The Labute approximate surface area is 866 Å². The molecule has 0 aliphatic heterocycles. The van der Waals surface area contributed by atoms with E-state index in [-0.39, 0.29) is 134 Å². The zero-order valence-electron chi connectivity index (χ0n) is 79.5. The van der Waals surface area contributed by atoms with E-state index < -0.39 is 159 Å². The van der Waals surface area contributed by atoms with E-state index in [2.05, 4.69) is 79.5 Å². The summed E-state index contributed by atoms with van der Waals surface area (Å²) in [5.74, 6) is -5.04. The van der Waals surface area contributed by atoms with Gasteiger partial charge in [-0.05, 0) is 70.8 Å². The Hall–Kier alpha value is -14.4. The number of hydrogen-bond donors (Lipinski definition) is 11. The number of anilines is 4. The summed E-state index contributed by atoms with van der Waals surface area (Å²) in [6, 6.07) is 48.1. The molecule has 4 atom stereocenters. The lowest BCUT2D eigenvalue weighted by Gasteiger charge is -2.32. The van der Waals surface area contributed by atoms with Crippen molar-refractivity contribution >= 4 is 118 Å². The van der Waals surface area contributed by atoms with Gasteiger partial charge in [-0.3, -0.25) is 64.8 Å². The summed E-state index contributed by atoms with van der Waals surface area (Å²) >= 11 is 23.9. The van der Waals surface area contributed by atoms with Crippen molar-refractivity contribution in [3.05, 3.63) is 284 Å². The molecule has 150 heavy (non-hydrogen) atoms. The quantitative estimate of drug-likeness (QED) is 0.00730. The van der Waals surface area contributed by atoms with Crippen LogP contribution in [0.15, 0.2) is 224 Å². The number of carbonyl (C=O) groups is 8. The first-order valence-electron chi connectivity index (χ1n) is 44.8. The second-order valence-electron chi connectivity index (χ2n) is 31.5. The lowest BCUT2D eigenvalue weighted by Crippen LogP contribution is -2.55. The molecule has 8 amide bonds. The Morgan fingerprint density at radius 2 is 0.653 bits per heavy atom. The molecule has 804 valence electrons. The van der Waals surface area contributed by atoms with Gasteiger partial charge >= 0.3 is 18.3 Å². The molecule has 11 N–H and O–H groups in total. The average Bonchev–Trinajstić information content (AvgIpc) is 1.66. The maximum Gasteiger partial charge on any atom is 0.414 e. The summed E-state index contributed by atoms with van der Waals surface area (Å²) in [6.45, 7) is -0.0410. The van der Waals surface area contributed by atoms with Crippen LogP contribution in [0.1, 0.15) is 49.9 Å². The van der Waals surface area contributed by atoms with Crippen molar-refractivity contribution in [1.82, 2.24) is 83.6 Å². The van der Waals surface area contributed by atoms with E-state index >= 15 is 0 Å². The normalized spacial score (nSPS) is 11.9. The van der Waals surface area contributed by atoms with Crippen LogP contribution in [0.3, 0.4) is 0 Å². The van der Waals surface area contributed by atoms with Gasteiger partial charge in [-0.25, -0.2) is 97.6 Å². The Morgan fingerprint density at radius 3 is 1.01 bits per heavy atom. The number of carbonyl (C=O) groups excluding carboxylic acids is 8. The number of hydroxylamine groups is 1. The van der Waals surface area contributed by atoms with Crippen LogP contribution in [-0.4, -0.2) is 218 Å². The minimum absolute atomic E-state index is 0.0264. The molecule has 36 nitrogen and oxygen atoms in total. The summed E-state index contributed by atoms with van der Waals surface area (Å²) in [5.41, 5.74) is 15.7. The lowest BCUT2D eigenvalue weighted by atomic mass is 10.1. The average molecular weight is 2200 g/mol. The van der Waals surface area contributed by atoms with E-state index in [1.165, 1.54) is 137 Å². The molecule has 8 aromatic carbocycles. The van der Waals surface area contributed by atoms with Crippen LogP contribution in [0.2, 0.25) is 20.1 Å². The van der Waals surface area contributed by atoms with Crippen molar-refractivity contribution in [2.75, 3.05) is 99.8 Å². The van der Waals surface area contributed by atoms with Crippen LogP contribution >= 0.6 is 46.4 Å². The number of ether oxygens (including phenoxy) is 3. The SMILES string of the molecule is CC(=O)N(NCc1cccc(F)c1Cl)[C@@H](CNCC(F)F)COC(=O)Nc1cc(-c2cccc(F)c2)no1.CC(=O)N(NCc1cccc(F)c1Cl)[C@@H](CNCC(F)F)COC(=O)Nc1cc(-c2ccccc2)no1.CC(=O)N(NCc1cccc(F)c1Cl)[C@@H](CNCC(F)F)COC(=O)Nc1cc(-c2ccccc2)on1.CC(=O)N(NCc1cccc(F)c1Cl)[C@@H](CNCC(F)F)CON(C=O)c1cc(-c2cccc(F)c2)on1. The summed E-state index contributed by atoms with van der Waals surface area (Å²) in [6.07, 6.45) is -13.1. The molecule has 0 saturated heterocycles. The number of aromatic nitrogens is 4. The molecule has 0 aliphatic carbocycles. The van der Waals surface area contributed by atoms with Crippen molar-refractivity contribution in [3.8, 4) is 45.2 Å². The van der Waals surface area contributed by atoms with Gasteiger partial charge in [0.2, 0.25) is 47.6 Å². The maximum atomic E-state index is 13.8. The Balaban J connectivity index is 0.000000222. The molecule has 0 bridgehead atoms. The molecule has 54 heteroatoms. The summed E-state index contributed by atoms with van der Waals surface area (Å²) in [5, 5.41) is 36.9. The topological polar surface area (TPSA) is 426 Å². The highest BCUT2D eigenvalue weighted by Crippen LogP contribution is 2.31. The van der Waals surface area contributed by atoms with Crippen LogP contribution in [0.25, 0.3) is 45.2 Å². The van der Waals surface area contributed by atoms with Gasteiger partial charge in [0.1, 0.15) is 66.1 Å². The fourth-order valence-electron chi connectivity index (χ4n) is 13.4. The zero-order chi connectivity index (χ0) is 109. The fourth-order valence-corrected chi connectivity index (χ4v) is 14.2. The van der Waals surface area contributed by atoms with Crippen LogP contribution in [0.4, 0.5) is 99.3 Å². The molecule has 0 radical (unpaired) electrons. The standard InChI is InChI=1S/2C24H24ClF4N5O4.2C24H25ClF3N5O4/c1-15(36)34(31-10-17-5-3-7-20(27)24(17)25)19(11-30-12-22(28)29)13-37-33(14-35)23-9-21(38-32-23)16-4-2-6-18(26)8-16;1-14(35)34(31-10-16-5-3-7-19(27)23(16)25)18(11-30-12-21(28)29)13-37-24(36)32-22-9-20(33-38-22)15-4-2-6-17(26)8-15;1-15(34)33(30-11-17-8-5-9-19(26)23(17)25)18(12-29-13-21(27)28)14-36-24(35)31-22-10-20(37-32-22)16-6-3-2-4-7-16;1-15(34)33(30-11-17-8-5-9-19(26)23(17)25)18(12-29-13-21(27)28)14-36-24(35)31-22-10-20(32-37-22)16-6-3-2-4-7-16/h2-9,14,19,22,30-31H,10-13H2,1H3;2-9,18,21,30-31H,10-13H2,1H3,(H,32,36);2-10,18,21,29-30H,11-14H2,1H3,(H,31,32,35);2-10,18,21,29-30H,11-14H2,1H3,(H,31,35)/t19-;3*18-/m0000/s1. The molecule has 4 heterocycles. The van der Waals surface area contributed by atoms with Crippen LogP contribution in [0, 0.1) is 34.9 Å². The maximum absolute atomic E-state index is 13.8. The largest absolute Gasteiger partial charge is 0.447 e. The van der Waals surface area contributed by atoms with Gasteiger partial charge in [0.25, 0.3) is 25.7 Å². The highest BCUT2D eigenvalue weighted by molar-refractivity contribution is 6.32. The number of alkyl halides is 8. The number of hydrogen-bond acceptors (Lipinski definition) is 28. The Morgan fingerprint density at radius 1 is 0.340 bits per heavy atom. The first-order chi connectivity index (χ1) is 71.8. The monoisotopic (exact) mass is 2190 g/mol. The van der Waals surface area contributed by atoms with Crippen LogP contribution in [0.5, 0.6) is 0 Å². The predicted molar refractivity (Wildman–Crippen MR) is 521 cm³/mol. The Kier molecular flexibility index (Phi) is 48.8. The number of benzene rings is 8. The van der Waals surface area contributed by atoms with Crippen molar-refractivity contribution in [3.63, 3.8) is 0 Å². The van der Waals surface area contributed by atoms with E-state index in [9.17, 15) is 99.8 Å². The van der Waals surface area contributed by atoms with Gasteiger partial charge in [-0.2, -0.15) is 5.06 Å². The molecule has 0 aliphatic rings. The number of rotatable bonds is 50. The molecule has 0 saturated carbocycles. The molecule has 12 rings (SSSR count). The van der Waals surface area contributed by atoms with Gasteiger partial charge in [0.05, 0.1) is 77.0 Å². The molecule has 12 aromatic rings. The van der Waals surface area contributed by atoms with Gasteiger partial charge in [0, 0.05) is 127 Å². The highest BCUT2D eigenvalue weighted by atomic mass is 35.5. The van der Waals surface area contributed by atoms with E-state index in [1.807, 2.05) is 48.5 Å². The first kappa shape index (κ1) is 119. The molecule has 0 unspecified atom stereocenters. The summed E-state index contributed by atoms with van der Waals surface area (Å²) in [7, 11) is 0. The molecular weight excluding hydrogens is 2100 g/mol. The molecule has 0 fully saturated rings. The number of nitrogens with one attached hydrogen (secondary N) is 11. The van der Waals surface area contributed by atoms with Gasteiger partial charge < -0.3 is 53.6 Å². The minimum Gasteiger partial charge on any atom is -0.447 e. The summed E-state index contributed by atoms with van der Waals surface area (Å²) in [4.78, 5) is 104. The van der Waals surface area contributed by atoms with Gasteiger partial charge in [0.15, 0.2) is 17.3 Å². The lowest BCUT2D eigenvalue weighted by molar-refractivity contribution is -0.138. The number of amides is 8. The second-order valence-corrected chi connectivity index (χ2v) is 33.0. The van der Waals surface area contributed by atoms with E-state index in [1.54, 1.807) is 48.5 Å². The van der Waals surface area contributed by atoms with Gasteiger partial charge in [-0.15, -0.1) is 0 Å². The molecular formula is C96H98Cl4F14N20O16. The number of nitrogens with zero attached hydrogens (tertiary/aromatic N) is 9. The third-order valence-electron chi connectivity index (χ3n) is 20.4. The minimum atomic E-state index is -2.65. The second kappa shape index (κ2) is 61.5. The smallest absolute Gasteiger partial charge is 0.414 e. The van der Waals surface area contributed by atoms with E-state index in [0.29, 0.717) is 49.9 Å². The predicted octanol–water partition coefficient (Wildman–Crippen LogP) is 17.5. The molecule has 0 spiro atoms. The zero-order valence-corrected chi connectivity index (χ0v) is 82.5. The van der Waals surface area contributed by atoms with Crippen molar-refractivity contribution in [2.24, 2.45) is 0 Å². The third kappa shape index (κ3) is 39.6. The van der Waals surface area contributed by atoms with Gasteiger partial charge in [-0.1, -0.05) is 200 Å². The first-order valence-corrected chi connectivity index (χ1v) is 46.3. The number of hydrazine groups is 4. The van der Waals surface area contributed by atoms with Crippen molar-refractivity contribution < 1.29 is 137 Å². The fraction of sp³-hybridized carbons (Fsp3) is 0.292. The Bertz CT molecular complexity index is 6150. The van der Waals surface area contributed by atoms with E-state index in [0.717, 1.165) is 31.2 Å². The van der Waals surface area contributed by atoms with Crippen molar-refractivity contribution in [2.45, 2.75) is 104 Å². The van der Waals surface area contributed by atoms with Crippen molar-refractivity contribution in [1.29, 1.82) is 0 Å². The van der Waals surface area contributed by atoms with Crippen LogP contribution in [-0.2, 0) is 69.2 Å². The number of halogens is 18. The highest BCUT2D eigenvalue weighted by Gasteiger charge is 2.32. The van der Waals surface area contributed by atoms with E-state index in [4.69, 9.17) is 83.5 Å². The van der Waals surface area contributed by atoms with Crippen LogP contribution < -0.4 is 64.0 Å². The third-order valence-corrected chi connectivity index (χ3v) is 22.1. The molecule has 4 aromatic heterocycles. The summed E-state index contributed by atoms with van der Waals surface area (Å²) < 4.78 is 220.